The topological polar surface area (TPSA) is 64.2 Å². The van der Waals surface area contributed by atoms with Crippen LogP contribution >= 0.6 is 0 Å². The van der Waals surface area contributed by atoms with Crippen LogP contribution in [0.2, 0.25) is 0 Å². The molecular formula is C14H24N4O. The molecule has 1 aromatic rings. The van der Waals surface area contributed by atoms with E-state index in [4.69, 9.17) is 0 Å². The molecule has 0 radical (unpaired) electrons. The lowest BCUT2D eigenvalue weighted by atomic mass is 10.00. The number of nitrogens with zero attached hydrogens (tertiary/aromatic N) is 2. The van der Waals surface area contributed by atoms with Gasteiger partial charge in [-0.25, -0.2) is 0 Å². The van der Waals surface area contributed by atoms with E-state index in [0.29, 0.717) is 12.0 Å². The SMILES string of the molecule is Cc1cc(C[C@@H]2CN(C3CCNCC3)C[C@H]2O)n[nH]1. The van der Waals surface area contributed by atoms with E-state index in [1.54, 1.807) is 0 Å². The maximum atomic E-state index is 10.3. The molecule has 1 aromatic heterocycles. The molecule has 2 fully saturated rings. The number of piperidine rings is 1. The summed E-state index contributed by atoms with van der Waals surface area (Å²) in [5.41, 5.74) is 2.17. The van der Waals surface area contributed by atoms with E-state index in [9.17, 15) is 5.11 Å². The first-order valence-corrected chi connectivity index (χ1v) is 7.36. The molecule has 5 heteroatoms. The summed E-state index contributed by atoms with van der Waals surface area (Å²) in [4.78, 5) is 2.48. The van der Waals surface area contributed by atoms with E-state index in [-0.39, 0.29) is 6.10 Å². The summed E-state index contributed by atoms with van der Waals surface area (Å²) in [7, 11) is 0. The van der Waals surface area contributed by atoms with Crippen LogP contribution < -0.4 is 5.32 Å². The number of aryl methyl sites for hydroxylation is 1. The summed E-state index contributed by atoms with van der Waals surface area (Å²) >= 11 is 0. The van der Waals surface area contributed by atoms with Gasteiger partial charge in [0.1, 0.15) is 0 Å². The second-order valence-corrected chi connectivity index (χ2v) is 6.01. The Morgan fingerprint density at radius 1 is 1.37 bits per heavy atom. The number of rotatable bonds is 3. The van der Waals surface area contributed by atoms with Gasteiger partial charge in [-0.15, -0.1) is 0 Å². The summed E-state index contributed by atoms with van der Waals surface area (Å²) < 4.78 is 0. The lowest BCUT2D eigenvalue weighted by Gasteiger charge is -2.31. The Kier molecular flexibility index (Phi) is 3.86. The van der Waals surface area contributed by atoms with Gasteiger partial charge in [0, 0.05) is 30.7 Å². The number of nitrogens with one attached hydrogen (secondary N) is 2. The van der Waals surface area contributed by atoms with Crippen LogP contribution in [0.25, 0.3) is 0 Å². The first kappa shape index (κ1) is 13.1. The van der Waals surface area contributed by atoms with Gasteiger partial charge < -0.3 is 10.4 Å². The van der Waals surface area contributed by atoms with Gasteiger partial charge in [-0.2, -0.15) is 5.10 Å². The summed E-state index contributed by atoms with van der Waals surface area (Å²) in [5.74, 6) is 0.331. The van der Waals surface area contributed by atoms with Crippen molar-refractivity contribution < 1.29 is 5.11 Å². The Labute approximate surface area is 114 Å². The molecule has 2 saturated heterocycles. The lowest BCUT2D eigenvalue weighted by molar-refractivity contribution is 0.130. The van der Waals surface area contributed by atoms with Crippen LogP contribution in [0.4, 0.5) is 0 Å². The van der Waals surface area contributed by atoms with Crippen LogP contribution in [0.1, 0.15) is 24.2 Å². The zero-order valence-corrected chi connectivity index (χ0v) is 11.6. The van der Waals surface area contributed by atoms with Crippen LogP contribution in [-0.2, 0) is 6.42 Å². The van der Waals surface area contributed by atoms with Gasteiger partial charge in [0.25, 0.3) is 0 Å². The first-order valence-electron chi connectivity index (χ1n) is 7.36. The molecule has 0 bridgehead atoms. The number of aromatic nitrogens is 2. The van der Waals surface area contributed by atoms with Gasteiger partial charge >= 0.3 is 0 Å². The molecule has 2 aliphatic heterocycles. The highest BCUT2D eigenvalue weighted by molar-refractivity contribution is 5.09. The van der Waals surface area contributed by atoms with Crippen molar-refractivity contribution in [1.82, 2.24) is 20.4 Å². The number of likely N-dealkylation sites (tertiary alicyclic amines) is 1. The van der Waals surface area contributed by atoms with E-state index in [2.05, 4.69) is 26.5 Å². The third-order valence-electron chi connectivity index (χ3n) is 4.49. The Morgan fingerprint density at radius 2 is 2.16 bits per heavy atom. The van der Waals surface area contributed by atoms with Crippen molar-refractivity contribution >= 4 is 0 Å². The molecule has 0 aromatic carbocycles. The van der Waals surface area contributed by atoms with Crippen molar-refractivity contribution in [3.63, 3.8) is 0 Å². The number of H-pyrrole nitrogens is 1. The van der Waals surface area contributed by atoms with E-state index in [1.807, 2.05) is 6.92 Å². The second-order valence-electron chi connectivity index (χ2n) is 6.01. The minimum Gasteiger partial charge on any atom is -0.391 e. The molecular weight excluding hydrogens is 240 g/mol. The highest BCUT2D eigenvalue weighted by Gasteiger charge is 2.35. The molecule has 0 unspecified atom stereocenters. The van der Waals surface area contributed by atoms with E-state index in [0.717, 1.165) is 44.0 Å². The average molecular weight is 264 g/mol. The van der Waals surface area contributed by atoms with Crippen molar-refractivity contribution in [2.24, 2.45) is 5.92 Å². The van der Waals surface area contributed by atoms with Crippen LogP contribution in [0.3, 0.4) is 0 Å². The summed E-state index contributed by atoms with van der Waals surface area (Å²) in [6.45, 7) is 6.08. The van der Waals surface area contributed by atoms with Crippen molar-refractivity contribution in [2.45, 2.75) is 38.3 Å². The van der Waals surface area contributed by atoms with Crippen molar-refractivity contribution in [3.05, 3.63) is 17.5 Å². The molecule has 3 heterocycles. The molecule has 0 aliphatic carbocycles. The van der Waals surface area contributed by atoms with Crippen LogP contribution in [-0.4, -0.2) is 58.5 Å². The number of aliphatic hydroxyl groups is 1. The highest BCUT2D eigenvalue weighted by Crippen LogP contribution is 2.25. The predicted octanol–water partition coefficient (Wildman–Crippen LogP) is 0.305. The van der Waals surface area contributed by atoms with Gasteiger partial charge in [0.2, 0.25) is 0 Å². The standard InChI is InChI=1S/C14H24N4O/c1-10-6-12(17-16-10)7-11-8-18(9-14(11)19)13-2-4-15-5-3-13/h6,11,13-15,19H,2-5,7-9H2,1H3,(H,16,17)/t11-,14-/m1/s1. The van der Waals surface area contributed by atoms with Crippen LogP contribution in [0.15, 0.2) is 6.07 Å². The fraction of sp³-hybridized carbons (Fsp3) is 0.786. The van der Waals surface area contributed by atoms with Gasteiger partial charge in [0.15, 0.2) is 0 Å². The number of hydrogen-bond donors (Lipinski definition) is 3. The molecule has 3 rings (SSSR count). The van der Waals surface area contributed by atoms with Gasteiger partial charge in [-0.3, -0.25) is 10.00 Å². The molecule has 5 nitrogen and oxygen atoms in total. The molecule has 19 heavy (non-hydrogen) atoms. The summed E-state index contributed by atoms with van der Waals surface area (Å²) in [6.07, 6.45) is 3.10. The highest BCUT2D eigenvalue weighted by atomic mass is 16.3. The maximum Gasteiger partial charge on any atom is 0.0711 e. The largest absolute Gasteiger partial charge is 0.391 e. The average Bonchev–Trinajstić information content (AvgIpc) is 2.98. The summed E-state index contributed by atoms with van der Waals surface area (Å²) in [6, 6.07) is 2.74. The quantitative estimate of drug-likeness (QED) is 0.735. The zero-order valence-electron chi connectivity index (χ0n) is 11.6. The molecule has 106 valence electrons. The third kappa shape index (κ3) is 2.99. The fourth-order valence-corrected chi connectivity index (χ4v) is 3.40. The Morgan fingerprint density at radius 3 is 2.84 bits per heavy atom. The Balaban J connectivity index is 1.58. The molecule has 3 N–H and O–H groups in total. The Bertz CT molecular complexity index is 413. The number of aliphatic hydroxyl groups excluding tert-OH is 1. The van der Waals surface area contributed by atoms with E-state index in [1.165, 1.54) is 12.8 Å². The molecule has 2 atom stereocenters. The van der Waals surface area contributed by atoms with Gasteiger partial charge in [-0.1, -0.05) is 0 Å². The Hall–Kier alpha value is -0.910. The predicted molar refractivity (Wildman–Crippen MR) is 74.0 cm³/mol. The number of β-amino-alcohol motifs (C(OH)–C–C–N with tert-alkyl or cyclic N) is 1. The lowest BCUT2D eigenvalue weighted by Crippen LogP contribution is -2.42. The zero-order chi connectivity index (χ0) is 13.2. The molecule has 0 spiro atoms. The number of aromatic amines is 1. The smallest absolute Gasteiger partial charge is 0.0711 e. The first-order chi connectivity index (χ1) is 9.22. The second kappa shape index (κ2) is 5.61. The van der Waals surface area contributed by atoms with Crippen molar-refractivity contribution in [1.29, 1.82) is 0 Å². The number of hydrogen-bond acceptors (Lipinski definition) is 4. The van der Waals surface area contributed by atoms with Gasteiger partial charge in [-0.05, 0) is 45.3 Å². The van der Waals surface area contributed by atoms with Gasteiger partial charge in [0.05, 0.1) is 11.8 Å². The minimum absolute atomic E-state index is 0.202. The maximum absolute atomic E-state index is 10.3. The molecule has 0 amide bonds. The normalized spacial score (nSPS) is 30.0. The van der Waals surface area contributed by atoms with Crippen molar-refractivity contribution in [2.75, 3.05) is 26.2 Å². The van der Waals surface area contributed by atoms with E-state index < -0.39 is 0 Å². The van der Waals surface area contributed by atoms with Crippen molar-refractivity contribution in [3.8, 4) is 0 Å². The molecule has 2 aliphatic rings. The van der Waals surface area contributed by atoms with E-state index >= 15 is 0 Å². The monoisotopic (exact) mass is 264 g/mol. The molecule has 0 saturated carbocycles. The third-order valence-corrected chi connectivity index (χ3v) is 4.49. The van der Waals surface area contributed by atoms with Crippen LogP contribution in [0, 0.1) is 12.8 Å². The minimum atomic E-state index is -0.202. The summed E-state index contributed by atoms with van der Waals surface area (Å²) in [5, 5.41) is 20.9. The van der Waals surface area contributed by atoms with Crippen LogP contribution in [0.5, 0.6) is 0 Å². The fourth-order valence-electron chi connectivity index (χ4n) is 3.40.